The third-order valence-electron chi connectivity index (χ3n) is 2.85. The second-order valence-electron chi connectivity index (χ2n) is 4.22. The SMILES string of the molecule is O=S(/C=C\c1ccc2ccccc2n1)c1cccnc1. The number of hydrogen-bond donors (Lipinski definition) is 0. The highest BCUT2D eigenvalue weighted by Gasteiger charge is 1.99. The molecular weight excluding hydrogens is 268 g/mol. The maximum atomic E-state index is 12.0. The summed E-state index contributed by atoms with van der Waals surface area (Å²) in [5.74, 6) is 0. The molecule has 2 heterocycles. The zero-order valence-electron chi connectivity index (χ0n) is 10.6. The number of fused-ring (bicyclic) bond motifs is 1. The summed E-state index contributed by atoms with van der Waals surface area (Å²) in [5.41, 5.74) is 1.72. The molecule has 1 unspecified atom stereocenters. The Morgan fingerprint density at radius 2 is 1.90 bits per heavy atom. The zero-order chi connectivity index (χ0) is 13.8. The van der Waals surface area contributed by atoms with Gasteiger partial charge >= 0.3 is 0 Å². The third kappa shape index (κ3) is 2.81. The molecule has 3 nitrogen and oxygen atoms in total. The molecule has 3 aromatic rings. The molecule has 0 bridgehead atoms. The van der Waals surface area contributed by atoms with Gasteiger partial charge < -0.3 is 0 Å². The third-order valence-corrected chi connectivity index (χ3v) is 3.94. The second kappa shape index (κ2) is 5.75. The highest BCUT2D eigenvalue weighted by atomic mass is 32.2. The molecule has 4 heteroatoms. The summed E-state index contributed by atoms with van der Waals surface area (Å²) in [7, 11) is -1.20. The molecule has 1 atom stereocenters. The summed E-state index contributed by atoms with van der Waals surface area (Å²) >= 11 is 0. The van der Waals surface area contributed by atoms with E-state index in [1.165, 1.54) is 0 Å². The molecule has 0 aliphatic heterocycles. The van der Waals surface area contributed by atoms with Crippen LogP contribution >= 0.6 is 0 Å². The van der Waals surface area contributed by atoms with Crippen molar-refractivity contribution in [2.45, 2.75) is 4.90 Å². The van der Waals surface area contributed by atoms with E-state index in [0.717, 1.165) is 16.6 Å². The first-order valence-corrected chi connectivity index (χ1v) is 7.39. The van der Waals surface area contributed by atoms with Gasteiger partial charge in [0.1, 0.15) is 0 Å². The van der Waals surface area contributed by atoms with E-state index in [1.807, 2.05) is 36.4 Å². The van der Waals surface area contributed by atoms with Crippen LogP contribution in [0.4, 0.5) is 0 Å². The first-order valence-electron chi connectivity index (χ1n) is 6.17. The smallest absolute Gasteiger partial charge is 0.0792 e. The minimum Gasteiger partial charge on any atom is -0.263 e. The van der Waals surface area contributed by atoms with Crippen molar-refractivity contribution in [2.24, 2.45) is 0 Å². The van der Waals surface area contributed by atoms with E-state index in [2.05, 4.69) is 9.97 Å². The molecule has 0 N–H and O–H groups in total. The minimum absolute atomic E-state index is 0.685. The molecule has 98 valence electrons. The van der Waals surface area contributed by atoms with E-state index in [1.54, 1.807) is 36.0 Å². The van der Waals surface area contributed by atoms with Gasteiger partial charge in [-0.25, -0.2) is 9.19 Å². The van der Waals surface area contributed by atoms with E-state index < -0.39 is 10.8 Å². The number of nitrogens with zero attached hydrogens (tertiary/aromatic N) is 2. The predicted molar refractivity (Wildman–Crippen MR) is 81.4 cm³/mol. The Balaban J connectivity index is 1.85. The summed E-state index contributed by atoms with van der Waals surface area (Å²) in [6.07, 6.45) is 5.04. The van der Waals surface area contributed by atoms with Gasteiger partial charge in [0.15, 0.2) is 0 Å². The summed E-state index contributed by atoms with van der Waals surface area (Å²) in [5, 5.41) is 2.73. The van der Waals surface area contributed by atoms with Gasteiger partial charge in [0.25, 0.3) is 0 Å². The van der Waals surface area contributed by atoms with Gasteiger partial charge in [-0.15, -0.1) is 0 Å². The quantitative estimate of drug-likeness (QED) is 0.738. The molecular formula is C16H12N2OS. The average molecular weight is 280 g/mol. The Labute approximate surface area is 119 Å². The summed E-state index contributed by atoms with van der Waals surface area (Å²) in [6.45, 7) is 0. The fraction of sp³-hybridized carbons (Fsp3) is 0. The van der Waals surface area contributed by atoms with Crippen LogP contribution in [0.15, 0.2) is 71.2 Å². The molecule has 0 saturated heterocycles. The molecule has 0 aliphatic carbocycles. The van der Waals surface area contributed by atoms with Gasteiger partial charge in [-0.1, -0.05) is 24.3 Å². The van der Waals surface area contributed by atoms with Crippen molar-refractivity contribution in [1.29, 1.82) is 0 Å². The Hall–Kier alpha value is -2.33. The number of para-hydroxylation sites is 1. The lowest BCUT2D eigenvalue weighted by molar-refractivity contribution is 0.688. The predicted octanol–water partition coefficient (Wildman–Crippen LogP) is 3.41. The van der Waals surface area contributed by atoms with Gasteiger partial charge in [-0.05, 0) is 30.3 Å². The Kier molecular flexibility index (Phi) is 3.65. The highest BCUT2D eigenvalue weighted by molar-refractivity contribution is 7.88. The van der Waals surface area contributed by atoms with Crippen LogP contribution in [-0.4, -0.2) is 14.2 Å². The van der Waals surface area contributed by atoms with Crippen molar-refractivity contribution in [3.05, 3.63) is 72.0 Å². The molecule has 1 aromatic carbocycles. The molecule has 0 spiro atoms. The van der Waals surface area contributed by atoms with Crippen LogP contribution in [0.1, 0.15) is 5.69 Å². The lowest BCUT2D eigenvalue weighted by Crippen LogP contribution is -1.88. The van der Waals surface area contributed by atoms with Crippen molar-refractivity contribution in [2.75, 3.05) is 0 Å². The van der Waals surface area contributed by atoms with Gasteiger partial charge in [-0.3, -0.25) is 4.98 Å². The van der Waals surface area contributed by atoms with E-state index >= 15 is 0 Å². The number of aromatic nitrogens is 2. The molecule has 0 amide bonds. The van der Waals surface area contributed by atoms with Crippen molar-refractivity contribution in [3.8, 4) is 0 Å². The Morgan fingerprint density at radius 3 is 2.75 bits per heavy atom. The van der Waals surface area contributed by atoms with Crippen LogP contribution in [0, 0.1) is 0 Å². The first kappa shape index (κ1) is 12.7. The normalized spacial score (nSPS) is 12.8. The molecule has 0 fully saturated rings. The van der Waals surface area contributed by atoms with Crippen LogP contribution in [0.3, 0.4) is 0 Å². The molecule has 20 heavy (non-hydrogen) atoms. The monoisotopic (exact) mass is 280 g/mol. The van der Waals surface area contributed by atoms with Crippen molar-refractivity contribution < 1.29 is 4.21 Å². The van der Waals surface area contributed by atoms with E-state index in [9.17, 15) is 4.21 Å². The van der Waals surface area contributed by atoms with E-state index in [4.69, 9.17) is 0 Å². The Bertz CT molecular complexity index is 785. The standard InChI is InChI=1S/C16H12N2OS/c19-20(15-5-3-10-17-12-15)11-9-14-8-7-13-4-1-2-6-16(13)18-14/h1-12H/b11-9-. The van der Waals surface area contributed by atoms with Crippen LogP contribution in [-0.2, 0) is 10.8 Å². The largest absolute Gasteiger partial charge is 0.263 e. The maximum absolute atomic E-state index is 12.0. The zero-order valence-corrected chi connectivity index (χ0v) is 11.5. The second-order valence-corrected chi connectivity index (χ2v) is 5.56. The molecule has 3 rings (SSSR count). The van der Waals surface area contributed by atoms with Crippen molar-refractivity contribution in [1.82, 2.24) is 9.97 Å². The lowest BCUT2D eigenvalue weighted by Gasteiger charge is -1.98. The van der Waals surface area contributed by atoms with E-state index in [0.29, 0.717) is 4.90 Å². The Morgan fingerprint density at radius 1 is 1.00 bits per heavy atom. The summed E-state index contributed by atoms with van der Waals surface area (Å²) in [6, 6.07) is 15.4. The van der Waals surface area contributed by atoms with Crippen molar-refractivity contribution in [3.63, 3.8) is 0 Å². The molecule has 0 radical (unpaired) electrons. The van der Waals surface area contributed by atoms with Crippen molar-refractivity contribution >= 4 is 27.8 Å². The average Bonchev–Trinajstić information content (AvgIpc) is 2.53. The number of hydrogen-bond acceptors (Lipinski definition) is 3. The van der Waals surface area contributed by atoms with Gasteiger partial charge in [-0.2, -0.15) is 0 Å². The molecule has 2 aromatic heterocycles. The number of pyridine rings is 2. The van der Waals surface area contributed by atoms with Gasteiger partial charge in [0.05, 0.1) is 26.9 Å². The molecule has 0 saturated carbocycles. The fourth-order valence-electron chi connectivity index (χ4n) is 1.85. The van der Waals surface area contributed by atoms with Gasteiger partial charge in [0.2, 0.25) is 0 Å². The molecule has 0 aliphatic rings. The van der Waals surface area contributed by atoms with Crippen LogP contribution < -0.4 is 0 Å². The van der Waals surface area contributed by atoms with Crippen LogP contribution in [0.5, 0.6) is 0 Å². The summed E-state index contributed by atoms with van der Waals surface area (Å²) in [4.78, 5) is 9.15. The number of benzene rings is 1. The van der Waals surface area contributed by atoms with Crippen LogP contribution in [0.2, 0.25) is 0 Å². The van der Waals surface area contributed by atoms with Crippen LogP contribution in [0.25, 0.3) is 17.0 Å². The fourth-order valence-corrected chi connectivity index (χ4v) is 2.65. The lowest BCUT2D eigenvalue weighted by atomic mass is 10.2. The number of rotatable bonds is 3. The van der Waals surface area contributed by atoms with Gasteiger partial charge in [0, 0.05) is 23.2 Å². The first-order chi connectivity index (χ1) is 9.83. The van der Waals surface area contributed by atoms with E-state index in [-0.39, 0.29) is 0 Å². The maximum Gasteiger partial charge on any atom is 0.0792 e. The minimum atomic E-state index is -1.20. The highest BCUT2D eigenvalue weighted by Crippen LogP contribution is 2.13. The summed E-state index contributed by atoms with van der Waals surface area (Å²) < 4.78 is 12.0. The topological polar surface area (TPSA) is 42.9 Å².